The van der Waals surface area contributed by atoms with Crippen molar-refractivity contribution in [1.82, 2.24) is 0 Å². The Morgan fingerprint density at radius 1 is 1.25 bits per heavy atom. The number of hydrogen-bond acceptors (Lipinski definition) is 3. The monoisotopic (exact) mass is 271 g/mol. The van der Waals surface area contributed by atoms with Crippen molar-refractivity contribution < 1.29 is 9.31 Å². The number of halogens is 1. The van der Waals surface area contributed by atoms with Gasteiger partial charge in [-0.3, -0.25) is 10.1 Å². The van der Waals surface area contributed by atoms with E-state index in [0.717, 1.165) is 12.1 Å². The molecule has 0 aliphatic rings. The summed E-state index contributed by atoms with van der Waals surface area (Å²) in [4.78, 5) is 13.6. The Balaban J connectivity index is 2.55. The fourth-order valence-electron chi connectivity index (χ4n) is 1.80. The van der Waals surface area contributed by atoms with E-state index in [-0.39, 0.29) is 23.5 Å². The molecule has 0 saturated carbocycles. The van der Waals surface area contributed by atoms with Gasteiger partial charge in [0.15, 0.2) is 0 Å². The summed E-state index contributed by atoms with van der Waals surface area (Å²) in [6, 6.07) is 10.8. The summed E-state index contributed by atoms with van der Waals surface area (Å²) in [5.41, 5.74) is 0.358. The first-order valence-electron chi connectivity index (χ1n) is 5.74. The molecule has 0 atom stereocenters. The highest BCUT2D eigenvalue weighted by molar-refractivity contribution is 5.73. The van der Waals surface area contributed by atoms with Gasteiger partial charge in [-0.15, -0.1) is 0 Å². The lowest BCUT2D eigenvalue weighted by Crippen LogP contribution is -2.03. The van der Waals surface area contributed by atoms with Crippen LogP contribution in [0.2, 0.25) is 0 Å². The van der Waals surface area contributed by atoms with Crippen LogP contribution in [-0.4, -0.2) is 4.92 Å². The summed E-state index contributed by atoms with van der Waals surface area (Å²) in [6.45, 7) is 6.59. The Hall–Kier alpha value is -2.94. The number of hydrogen-bond donors (Lipinski definition) is 1. The maximum atomic E-state index is 13.8. The predicted molar refractivity (Wildman–Crippen MR) is 73.1 cm³/mol. The second-order valence-corrected chi connectivity index (χ2v) is 3.98. The van der Waals surface area contributed by atoms with Gasteiger partial charge in [-0.2, -0.15) is 0 Å². The molecule has 0 saturated heterocycles. The summed E-state index contributed by atoms with van der Waals surface area (Å²) >= 11 is 0. The van der Waals surface area contributed by atoms with Crippen molar-refractivity contribution in [2.24, 2.45) is 0 Å². The van der Waals surface area contributed by atoms with Gasteiger partial charge in [0.1, 0.15) is 11.5 Å². The normalized spacial score (nSPS) is 9.80. The highest BCUT2D eigenvalue weighted by Crippen LogP contribution is 2.33. The molecule has 0 radical (unpaired) electrons. The van der Waals surface area contributed by atoms with Gasteiger partial charge in [0.05, 0.1) is 10.5 Å². The van der Waals surface area contributed by atoms with Crippen LogP contribution in [0.3, 0.4) is 0 Å². The van der Waals surface area contributed by atoms with Crippen LogP contribution in [0.5, 0.6) is 0 Å². The maximum absolute atomic E-state index is 13.8. The van der Waals surface area contributed by atoms with Crippen LogP contribution >= 0.6 is 0 Å². The third-order valence-corrected chi connectivity index (χ3v) is 2.71. The molecule has 20 heavy (non-hydrogen) atoms. The largest absolute Gasteiger partial charge is 0.349 e. The number of rotatable bonds is 4. The highest BCUT2D eigenvalue weighted by atomic mass is 19.1. The minimum Gasteiger partial charge on any atom is -0.349 e. The molecule has 0 fully saturated rings. The standard InChI is InChI=1S/C14H10FN3O2/c1-16-9-11-12(15)7-8-13(18(19)20)14(11)17-10-5-3-2-4-6-10/h2-8,17H,9H2. The van der Waals surface area contributed by atoms with Crippen molar-refractivity contribution in [3.8, 4) is 0 Å². The van der Waals surface area contributed by atoms with Gasteiger partial charge < -0.3 is 10.2 Å². The second kappa shape index (κ2) is 5.80. The average Bonchev–Trinajstić information content (AvgIpc) is 2.43. The van der Waals surface area contributed by atoms with Crippen LogP contribution < -0.4 is 5.32 Å². The number of para-hydroxylation sites is 1. The van der Waals surface area contributed by atoms with E-state index < -0.39 is 10.7 Å². The Bertz CT molecular complexity index is 681. The molecule has 1 N–H and O–H groups in total. The van der Waals surface area contributed by atoms with Crippen LogP contribution in [0.1, 0.15) is 5.56 Å². The van der Waals surface area contributed by atoms with E-state index in [9.17, 15) is 14.5 Å². The molecule has 0 aliphatic heterocycles. The molecule has 0 aliphatic carbocycles. The first kappa shape index (κ1) is 13.5. The lowest BCUT2D eigenvalue weighted by Gasteiger charge is -2.10. The van der Waals surface area contributed by atoms with Crippen molar-refractivity contribution in [1.29, 1.82) is 0 Å². The summed E-state index contributed by atoms with van der Waals surface area (Å²) in [7, 11) is 0. The van der Waals surface area contributed by atoms with Gasteiger partial charge in [0.2, 0.25) is 6.54 Å². The van der Waals surface area contributed by atoms with Gasteiger partial charge in [-0.05, 0) is 18.2 Å². The fraction of sp³-hybridized carbons (Fsp3) is 0.0714. The van der Waals surface area contributed by atoms with Gasteiger partial charge in [0.25, 0.3) is 5.69 Å². The van der Waals surface area contributed by atoms with E-state index >= 15 is 0 Å². The molecule has 0 bridgehead atoms. The van der Waals surface area contributed by atoms with Crippen molar-refractivity contribution in [2.45, 2.75) is 6.54 Å². The van der Waals surface area contributed by atoms with E-state index in [1.165, 1.54) is 0 Å². The van der Waals surface area contributed by atoms with E-state index in [1.807, 2.05) is 0 Å². The zero-order chi connectivity index (χ0) is 14.5. The molecular weight excluding hydrogens is 261 g/mol. The molecule has 0 unspecified atom stereocenters. The van der Waals surface area contributed by atoms with E-state index in [4.69, 9.17) is 6.57 Å². The number of benzene rings is 2. The molecule has 6 heteroatoms. The molecule has 0 aromatic heterocycles. The van der Waals surface area contributed by atoms with Crippen molar-refractivity contribution >= 4 is 17.1 Å². The number of anilines is 2. The Morgan fingerprint density at radius 3 is 2.55 bits per heavy atom. The lowest BCUT2D eigenvalue weighted by molar-refractivity contribution is -0.384. The first-order chi connectivity index (χ1) is 9.63. The Labute approximate surface area is 114 Å². The summed E-state index contributed by atoms with van der Waals surface area (Å²) in [6.07, 6.45) is 0. The van der Waals surface area contributed by atoms with Gasteiger partial charge in [-0.25, -0.2) is 11.0 Å². The van der Waals surface area contributed by atoms with Crippen LogP contribution in [-0.2, 0) is 6.54 Å². The van der Waals surface area contributed by atoms with Crippen LogP contribution in [0.15, 0.2) is 42.5 Å². The quantitative estimate of drug-likeness (QED) is 0.521. The average molecular weight is 271 g/mol. The van der Waals surface area contributed by atoms with Gasteiger partial charge >= 0.3 is 0 Å². The molecule has 0 heterocycles. The van der Waals surface area contributed by atoms with E-state index in [0.29, 0.717) is 5.69 Å². The molecule has 5 nitrogen and oxygen atoms in total. The van der Waals surface area contributed by atoms with Crippen LogP contribution in [0.25, 0.3) is 4.85 Å². The van der Waals surface area contributed by atoms with Crippen LogP contribution in [0, 0.1) is 22.5 Å². The molecule has 0 amide bonds. The Kier molecular flexibility index (Phi) is 3.91. The maximum Gasteiger partial charge on any atom is 0.293 e. The lowest BCUT2D eigenvalue weighted by atomic mass is 10.1. The molecular formula is C14H10FN3O2. The summed E-state index contributed by atoms with van der Waals surface area (Å²) < 4.78 is 13.8. The van der Waals surface area contributed by atoms with Crippen molar-refractivity contribution in [3.05, 3.63) is 75.4 Å². The van der Waals surface area contributed by atoms with Gasteiger partial charge in [0, 0.05) is 11.8 Å². The summed E-state index contributed by atoms with van der Waals surface area (Å²) in [5.74, 6) is -0.634. The first-order valence-corrected chi connectivity index (χ1v) is 5.74. The number of nitrogens with zero attached hydrogens (tertiary/aromatic N) is 2. The molecule has 2 aromatic rings. The zero-order valence-corrected chi connectivity index (χ0v) is 10.3. The topological polar surface area (TPSA) is 59.5 Å². The molecule has 0 spiro atoms. The van der Waals surface area contributed by atoms with Gasteiger partial charge in [-0.1, -0.05) is 18.2 Å². The molecule has 2 aromatic carbocycles. The number of nitrogens with one attached hydrogen (secondary N) is 1. The predicted octanol–water partition coefficient (Wildman–Crippen LogP) is 3.90. The molecule has 2 rings (SSSR count). The van der Waals surface area contributed by atoms with Crippen molar-refractivity contribution in [3.63, 3.8) is 0 Å². The highest BCUT2D eigenvalue weighted by Gasteiger charge is 2.22. The fourth-order valence-corrected chi connectivity index (χ4v) is 1.80. The minimum absolute atomic E-state index is 0.00180. The third-order valence-electron chi connectivity index (χ3n) is 2.71. The smallest absolute Gasteiger partial charge is 0.293 e. The number of nitro benzene ring substituents is 1. The Morgan fingerprint density at radius 2 is 1.95 bits per heavy atom. The number of nitro groups is 1. The zero-order valence-electron chi connectivity index (χ0n) is 10.3. The summed E-state index contributed by atoms with van der Waals surface area (Å²) in [5, 5.41) is 13.9. The second-order valence-electron chi connectivity index (χ2n) is 3.98. The SMILES string of the molecule is [C-]#[N+]Cc1c(F)ccc([N+](=O)[O-])c1Nc1ccccc1. The van der Waals surface area contributed by atoms with E-state index in [1.54, 1.807) is 30.3 Å². The van der Waals surface area contributed by atoms with Crippen molar-refractivity contribution in [2.75, 3.05) is 5.32 Å². The van der Waals surface area contributed by atoms with Crippen LogP contribution in [0.4, 0.5) is 21.5 Å². The minimum atomic E-state index is -0.634. The third kappa shape index (κ3) is 2.72. The molecule has 100 valence electrons. The van der Waals surface area contributed by atoms with E-state index in [2.05, 4.69) is 10.2 Å².